The standard InChI is InChI=1S/C22H19N3O6/c1-30-22(27)17-10-16(11-19(12-17)25(28)29)21(26)24-13-15-5-4-7-20(9-15)31-14-18-6-2-3-8-23-18/h2-12H,13-14H2,1H3,(H,24,26). The summed E-state index contributed by atoms with van der Waals surface area (Å²) in [5.74, 6) is -0.718. The molecule has 9 heteroatoms. The number of non-ortho nitro benzene ring substituents is 1. The van der Waals surface area contributed by atoms with Crippen molar-refractivity contribution in [2.45, 2.75) is 13.2 Å². The van der Waals surface area contributed by atoms with Crippen molar-refractivity contribution in [3.63, 3.8) is 0 Å². The van der Waals surface area contributed by atoms with E-state index >= 15 is 0 Å². The molecule has 1 aromatic heterocycles. The van der Waals surface area contributed by atoms with Gasteiger partial charge in [-0.15, -0.1) is 0 Å². The third-order valence-corrected chi connectivity index (χ3v) is 4.28. The number of nitro groups is 1. The fourth-order valence-electron chi connectivity index (χ4n) is 2.75. The minimum atomic E-state index is -0.768. The van der Waals surface area contributed by atoms with Crippen molar-refractivity contribution in [1.82, 2.24) is 10.3 Å². The molecule has 3 aromatic rings. The molecule has 0 saturated heterocycles. The molecule has 0 atom stereocenters. The number of carbonyl (C=O) groups is 2. The SMILES string of the molecule is COC(=O)c1cc(C(=O)NCc2cccc(OCc3ccccn3)c2)cc([N+](=O)[O-])c1. The number of amides is 1. The molecule has 0 spiro atoms. The Morgan fingerprint density at radius 2 is 1.87 bits per heavy atom. The summed E-state index contributed by atoms with van der Waals surface area (Å²) < 4.78 is 10.3. The van der Waals surface area contributed by atoms with Gasteiger partial charge < -0.3 is 14.8 Å². The second-order valence-corrected chi connectivity index (χ2v) is 6.46. The van der Waals surface area contributed by atoms with Crippen molar-refractivity contribution in [3.8, 4) is 5.75 Å². The third kappa shape index (κ3) is 5.86. The van der Waals surface area contributed by atoms with Gasteiger partial charge in [0.2, 0.25) is 0 Å². The van der Waals surface area contributed by atoms with Gasteiger partial charge in [0.05, 0.1) is 23.3 Å². The van der Waals surface area contributed by atoms with Crippen LogP contribution in [0.1, 0.15) is 32.0 Å². The van der Waals surface area contributed by atoms with Crippen LogP contribution in [0.2, 0.25) is 0 Å². The molecule has 31 heavy (non-hydrogen) atoms. The fraction of sp³-hybridized carbons (Fsp3) is 0.136. The lowest BCUT2D eigenvalue weighted by Crippen LogP contribution is -2.23. The number of esters is 1. The van der Waals surface area contributed by atoms with Crippen LogP contribution in [0.3, 0.4) is 0 Å². The lowest BCUT2D eigenvalue weighted by molar-refractivity contribution is -0.384. The maximum atomic E-state index is 12.5. The quantitative estimate of drug-likeness (QED) is 0.337. The smallest absolute Gasteiger partial charge is 0.338 e. The number of ether oxygens (including phenoxy) is 2. The molecule has 0 saturated carbocycles. The second-order valence-electron chi connectivity index (χ2n) is 6.46. The van der Waals surface area contributed by atoms with E-state index in [9.17, 15) is 19.7 Å². The van der Waals surface area contributed by atoms with E-state index in [1.165, 1.54) is 6.07 Å². The summed E-state index contributed by atoms with van der Waals surface area (Å²) in [7, 11) is 1.16. The predicted octanol–water partition coefficient (Wildman–Crippen LogP) is 3.29. The Morgan fingerprint density at radius 3 is 2.58 bits per heavy atom. The zero-order valence-electron chi connectivity index (χ0n) is 16.6. The molecular weight excluding hydrogens is 402 g/mol. The summed E-state index contributed by atoms with van der Waals surface area (Å²) >= 11 is 0. The van der Waals surface area contributed by atoms with Gasteiger partial charge in [-0.05, 0) is 35.9 Å². The third-order valence-electron chi connectivity index (χ3n) is 4.28. The van der Waals surface area contributed by atoms with Gasteiger partial charge in [0.1, 0.15) is 12.4 Å². The number of nitrogens with one attached hydrogen (secondary N) is 1. The maximum absolute atomic E-state index is 12.5. The van der Waals surface area contributed by atoms with Crippen LogP contribution in [0.5, 0.6) is 5.75 Å². The zero-order valence-corrected chi connectivity index (χ0v) is 16.6. The molecule has 0 unspecified atom stereocenters. The monoisotopic (exact) mass is 421 g/mol. The number of pyridine rings is 1. The van der Waals surface area contributed by atoms with E-state index in [4.69, 9.17) is 4.74 Å². The molecule has 0 aliphatic heterocycles. The number of methoxy groups -OCH3 is 1. The van der Waals surface area contributed by atoms with E-state index in [0.717, 1.165) is 30.5 Å². The van der Waals surface area contributed by atoms with Gasteiger partial charge in [-0.2, -0.15) is 0 Å². The van der Waals surface area contributed by atoms with E-state index in [-0.39, 0.29) is 23.4 Å². The van der Waals surface area contributed by atoms with Gasteiger partial charge in [0.15, 0.2) is 0 Å². The van der Waals surface area contributed by atoms with Crippen molar-refractivity contribution in [3.05, 3.63) is 99.4 Å². The lowest BCUT2D eigenvalue weighted by Gasteiger charge is -2.09. The second kappa shape index (κ2) is 9.97. The van der Waals surface area contributed by atoms with Crippen LogP contribution in [0.15, 0.2) is 66.9 Å². The number of nitrogens with zero attached hydrogens (tertiary/aromatic N) is 2. The van der Waals surface area contributed by atoms with Gasteiger partial charge in [-0.1, -0.05) is 18.2 Å². The molecule has 1 N–H and O–H groups in total. The molecule has 1 amide bonds. The average molecular weight is 421 g/mol. The highest BCUT2D eigenvalue weighted by Crippen LogP contribution is 2.19. The molecule has 0 aliphatic carbocycles. The highest BCUT2D eigenvalue weighted by atomic mass is 16.6. The summed E-state index contributed by atoms with van der Waals surface area (Å²) in [6, 6.07) is 16.1. The van der Waals surface area contributed by atoms with Crippen molar-refractivity contribution < 1.29 is 24.0 Å². The first kappa shape index (κ1) is 21.4. The van der Waals surface area contributed by atoms with Crippen LogP contribution in [0.4, 0.5) is 5.69 Å². The van der Waals surface area contributed by atoms with Crippen LogP contribution < -0.4 is 10.1 Å². The molecule has 158 valence electrons. The Kier molecular flexibility index (Phi) is 6.89. The topological polar surface area (TPSA) is 121 Å². The Labute approximate surface area is 177 Å². The van der Waals surface area contributed by atoms with Gasteiger partial charge in [0, 0.05) is 30.4 Å². The van der Waals surface area contributed by atoms with Crippen molar-refractivity contribution in [1.29, 1.82) is 0 Å². The van der Waals surface area contributed by atoms with Gasteiger partial charge in [-0.25, -0.2) is 4.79 Å². The Balaban J connectivity index is 1.67. The highest BCUT2D eigenvalue weighted by Gasteiger charge is 2.18. The minimum absolute atomic E-state index is 0.0165. The first-order valence-corrected chi connectivity index (χ1v) is 9.24. The predicted molar refractivity (Wildman–Crippen MR) is 111 cm³/mol. The van der Waals surface area contributed by atoms with Gasteiger partial charge in [-0.3, -0.25) is 19.9 Å². The van der Waals surface area contributed by atoms with Crippen molar-refractivity contribution in [2.75, 3.05) is 7.11 Å². The molecule has 0 radical (unpaired) electrons. The summed E-state index contributed by atoms with van der Waals surface area (Å²) in [6.07, 6.45) is 1.68. The fourth-order valence-corrected chi connectivity index (χ4v) is 2.75. The van der Waals surface area contributed by atoms with E-state index < -0.39 is 16.8 Å². The number of rotatable bonds is 8. The largest absolute Gasteiger partial charge is 0.487 e. The van der Waals surface area contributed by atoms with E-state index in [1.807, 2.05) is 18.2 Å². The Morgan fingerprint density at radius 1 is 1.06 bits per heavy atom. The minimum Gasteiger partial charge on any atom is -0.487 e. The number of carbonyl (C=O) groups excluding carboxylic acids is 2. The maximum Gasteiger partial charge on any atom is 0.338 e. The van der Waals surface area contributed by atoms with Gasteiger partial charge >= 0.3 is 5.97 Å². The number of benzene rings is 2. The highest BCUT2D eigenvalue weighted by molar-refractivity contribution is 5.98. The van der Waals surface area contributed by atoms with Crippen molar-refractivity contribution >= 4 is 17.6 Å². The van der Waals surface area contributed by atoms with Crippen LogP contribution in [-0.4, -0.2) is 28.9 Å². The molecule has 3 rings (SSSR count). The van der Waals surface area contributed by atoms with E-state index in [1.54, 1.807) is 30.5 Å². The van der Waals surface area contributed by atoms with E-state index in [0.29, 0.717) is 12.4 Å². The number of nitro benzene ring substituents is 1. The first-order chi connectivity index (χ1) is 15.0. The average Bonchev–Trinajstić information content (AvgIpc) is 2.81. The van der Waals surface area contributed by atoms with Crippen LogP contribution in [-0.2, 0) is 17.9 Å². The molecule has 1 heterocycles. The van der Waals surface area contributed by atoms with Crippen molar-refractivity contribution in [2.24, 2.45) is 0 Å². The van der Waals surface area contributed by atoms with Gasteiger partial charge in [0.25, 0.3) is 11.6 Å². The van der Waals surface area contributed by atoms with Crippen LogP contribution in [0, 0.1) is 10.1 Å². The zero-order chi connectivity index (χ0) is 22.2. The Hall–Kier alpha value is -4.27. The normalized spacial score (nSPS) is 10.2. The summed E-state index contributed by atoms with van der Waals surface area (Å²) in [4.78, 5) is 38.9. The van der Waals surface area contributed by atoms with Crippen LogP contribution >= 0.6 is 0 Å². The number of hydrogen-bond donors (Lipinski definition) is 1. The number of hydrogen-bond acceptors (Lipinski definition) is 7. The molecule has 0 fully saturated rings. The molecule has 0 aliphatic rings. The summed E-state index contributed by atoms with van der Waals surface area (Å²) in [6.45, 7) is 0.469. The first-order valence-electron chi connectivity index (χ1n) is 9.24. The van der Waals surface area contributed by atoms with E-state index in [2.05, 4.69) is 15.0 Å². The molecule has 0 bridgehead atoms. The summed E-state index contributed by atoms with van der Waals surface area (Å²) in [5.41, 5.74) is 1.08. The number of aromatic nitrogens is 1. The molecule has 9 nitrogen and oxygen atoms in total. The molecule has 2 aromatic carbocycles. The Bertz CT molecular complexity index is 1100. The summed E-state index contributed by atoms with van der Waals surface area (Å²) in [5, 5.41) is 13.8. The molecular formula is C22H19N3O6. The lowest BCUT2D eigenvalue weighted by atomic mass is 10.1. The van der Waals surface area contributed by atoms with Crippen LogP contribution in [0.25, 0.3) is 0 Å².